The molecule has 0 saturated carbocycles. The first-order chi connectivity index (χ1) is 26.0. The summed E-state index contributed by atoms with van der Waals surface area (Å²) in [6.07, 6.45) is -13.6. The zero-order chi connectivity index (χ0) is 40.8. The van der Waals surface area contributed by atoms with Crippen LogP contribution in [0.4, 0.5) is 0 Å². The van der Waals surface area contributed by atoms with Crippen molar-refractivity contribution in [1.82, 2.24) is 10.6 Å². The maximum absolute atomic E-state index is 12.4. The average Bonchev–Trinajstić information content (AvgIpc) is 3.08. The van der Waals surface area contributed by atoms with Gasteiger partial charge in [-0.15, -0.1) is 0 Å². The second-order valence-electron chi connectivity index (χ2n) is 12.3. The Morgan fingerprint density at radius 1 is 0.600 bits per heavy atom. The SMILES string of the molecule is CO[C@H]1O[C@H](CNC(=NCc2ccccc2)N[C@@H]2O[C@H](COC(C)=O)[C@@H](OC(C)=O)[C@H](OC(C)=O)[C@H]2OC(C)=O)[C@@H](OC(C)=O)[C@H](OC(C)=O)[C@H]1OC(C)=O. The fourth-order valence-corrected chi connectivity index (χ4v) is 5.79. The third kappa shape index (κ3) is 13.8. The van der Waals surface area contributed by atoms with Crippen LogP contribution in [0.3, 0.4) is 0 Å². The number of hydrogen-bond acceptors (Lipinski definition) is 18. The lowest BCUT2D eigenvalue weighted by molar-refractivity contribution is -0.296. The number of esters is 7. The highest BCUT2D eigenvalue weighted by molar-refractivity contribution is 5.80. The highest BCUT2D eigenvalue weighted by Crippen LogP contribution is 2.30. The number of nitrogens with zero attached hydrogens (tertiary/aromatic N) is 1. The van der Waals surface area contributed by atoms with E-state index in [9.17, 15) is 33.6 Å². The quantitative estimate of drug-likeness (QED) is 0.109. The van der Waals surface area contributed by atoms with Crippen molar-refractivity contribution in [2.75, 3.05) is 20.3 Å². The lowest BCUT2D eigenvalue weighted by Crippen LogP contribution is -2.67. The molecule has 2 fully saturated rings. The van der Waals surface area contributed by atoms with Crippen molar-refractivity contribution in [3.63, 3.8) is 0 Å². The predicted molar refractivity (Wildman–Crippen MR) is 183 cm³/mol. The van der Waals surface area contributed by atoms with Crippen LogP contribution in [0, 0.1) is 0 Å². The van der Waals surface area contributed by atoms with E-state index in [1.807, 2.05) is 6.07 Å². The summed E-state index contributed by atoms with van der Waals surface area (Å²) in [7, 11) is 1.27. The van der Waals surface area contributed by atoms with E-state index in [0.717, 1.165) is 54.0 Å². The van der Waals surface area contributed by atoms with Gasteiger partial charge >= 0.3 is 41.8 Å². The van der Waals surface area contributed by atoms with Crippen LogP contribution >= 0.6 is 0 Å². The molecule has 0 aliphatic carbocycles. The molecule has 2 saturated heterocycles. The largest absolute Gasteiger partial charge is 0.463 e. The summed E-state index contributed by atoms with van der Waals surface area (Å²) in [6.45, 7) is 7.13. The lowest BCUT2D eigenvalue weighted by atomic mass is 9.97. The molecular formula is C35H47N3O17. The highest BCUT2D eigenvalue weighted by Gasteiger charge is 2.54. The summed E-state index contributed by atoms with van der Waals surface area (Å²) in [5, 5.41) is 6.04. The Morgan fingerprint density at radius 3 is 1.58 bits per heavy atom. The molecule has 0 bridgehead atoms. The maximum Gasteiger partial charge on any atom is 0.303 e. The summed E-state index contributed by atoms with van der Waals surface area (Å²) in [6, 6.07) is 9.01. The number of aliphatic imine (C=N–C) groups is 1. The molecular weight excluding hydrogens is 734 g/mol. The van der Waals surface area contributed by atoms with E-state index in [-0.39, 0.29) is 19.0 Å². The monoisotopic (exact) mass is 781 g/mol. The zero-order valence-electron chi connectivity index (χ0n) is 31.7. The Labute approximate surface area is 316 Å². The number of rotatable bonds is 14. The highest BCUT2D eigenvalue weighted by atomic mass is 16.7. The van der Waals surface area contributed by atoms with Crippen molar-refractivity contribution in [3.8, 4) is 0 Å². The van der Waals surface area contributed by atoms with E-state index in [1.54, 1.807) is 24.3 Å². The first-order valence-electron chi connectivity index (χ1n) is 17.1. The molecule has 0 spiro atoms. The minimum atomic E-state index is -1.49. The minimum Gasteiger partial charge on any atom is -0.463 e. The number of guanidine groups is 1. The van der Waals surface area contributed by atoms with Gasteiger partial charge in [0.1, 0.15) is 18.8 Å². The molecule has 1 aromatic rings. The van der Waals surface area contributed by atoms with Gasteiger partial charge < -0.3 is 58.0 Å². The van der Waals surface area contributed by atoms with E-state index >= 15 is 0 Å². The molecule has 20 nitrogen and oxygen atoms in total. The summed E-state index contributed by atoms with van der Waals surface area (Å²) in [5.41, 5.74) is 0.760. The average molecular weight is 782 g/mol. The van der Waals surface area contributed by atoms with Gasteiger partial charge in [0.2, 0.25) is 0 Å². The lowest BCUT2D eigenvalue weighted by Gasteiger charge is -2.45. The molecule has 10 atom stereocenters. The van der Waals surface area contributed by atoms with Gasteiger partial charge in [0, 0.05) is 62.1 Å². The molecule has 0 aromatic heterocycles. The number of carbonyl (C=O) groups excluding carboxylic acids is 7. The third-order valence-electron chi connectivity index (χ3n) is 7.73. The van der Waals surface area contributed by atoms with Gasteiger partial charge in [-0.1, -0.05) is 30.3 Å². The van der Waals surface area contributed by atoms with Crippen molar-refractivity contribution in [3.05, 3.63) is 35.9 Å². The normalized spacial score (nSPS) is 27.7. The summed E-state index contributed by atoms with van der Waals surface area (Å²) >= 11 is 0. The fourth-order valence-electron chi connectivity index (χ4n) is 5.79. The van der Waals surface area contributed by atoms with Crippen molar-refractivity contribution in [2.24, 2.45) is 4.99 Å². The van der Waals surface area contributed by atoms with Gasteiger partial charge in [-0.05, 0) is 5.56 Å². The van der Waals surface area contributed by atoms with Gasteiger partial charge in [-0.3, -0.25) is 33.6 Å². The van der Waals surface area contributed by atoms with Gasteiger partial charge in [-0.2, -0.15) is 0 Å². The molecule has 2 N–H and O–H groups in total. The van der Waals surface area contributed by atoms with Crippen LogP contribution in [0.1, 0.15) is 54.0 Å². The van der Waals surface area contributed by atoms with Crippen LogP contribution in [-0.4, -0.2) is 129 Å². The summed E-state index contributed by atoms with van der Waals surface area (Å²) < 4.78 is 55.8. The Hall–Kier alpha value is -5.34. The van der Waals surface area contributed by atoms with Crippen LogP contribution in [0.2, 0.25) is 0 Å². The Bertz CT molecular complexity index is 1560. The Balaban J connectivity index is 2.07. The molecule has 0 amide bonds. The smallest absolute Gasteiger partial charge is 0.303 e. The molecule has 2 aliphatic heterocycles. The molecule has 304 valence electrons. The summed E-state index contributed by atoms with van der Waals surface area (Å²) in [4.78, 5) is 89.9. The van der Waals surface area contributed by atoms with Gasteiger partial charge in [0.15, 0.2) is 55.1 Å². The molecule has 2 aliphatic rings. The van der Waals surface area contributed by atoms with E-state index < -0.39 is 110 Å². The first-order valence-corrected chi connectivity index (χ1v) is 17.1. The summed E-state index contributed by atoms with van der Waals surface area (Å²) in [5.74, 6) is -5.50. The van der Waals surface area contributed by atoms with Crippen molar-refractivity contribution in [2.45, 2.75) is 116 Å². The van der Waals surface area contributed by atoms with E-state index in [2.05, 4.69) is 15.6 Å². The molecule has 55 heavy (non-hydrogen) atoms. The van der Waals surface area contributed by atoms with Gasteiger partial charge in [-0.25, -0.2) is 4.99 Å². The van der Waals surface area contributed by atoms with Crippen molar-refractivity contribution < 1.29 is 80.9 Å². The molecule has 2 heterocycles. The number of methoxy groups -OCH3 is 1. The zero-order valence-corrected chi connectivity index (χ0v) is 31.7. The molecule has 0 radical (unpaired) electrons. The van der Waals surface area contributed by atoms with Crippen LogP contribution < -0.4 is 10.6 Å². The molecule has 0 unspecified atom stereocenters. The maximum atomic E-state index is 12.4. The van der Waals surface area contributed by atoms with Crippen molar-refractivity contribution >= 4 is 47.7 Å². The van der Waals surface area contributed by atoms with Crippen molar-refractivity contribution in [1.29, 1.82) is 0 Å². The first kappa shape index (κ1) is 44.1. The van der Waals surface area contributed by atoms with Gasteiger partial charge in [0.05, 0.1) is 6.54 Å². The van der Waals surface area contributed by atoms with Crippen LogP contribution in [0.15, 0.2) is 35.3 Å². The van der Waals surface area contributed by atoms with E-state index in [1.165, 1.54) is 7.11 Å². The predicted octanol–water partition coefficient (Wildman–Crippen LogP) is -0.0287. The number of nitrogens with one attached hydrogen (secondary N) is 2. The van der Waals surface area contributed by atoms with Crippen LogP contribution in [0.25, 0.3) is 0 Å². The third-order valence-corrected chi connectivity index (χ3v) is 7.73. The van der Waals surface area contributed by atoms with Crippen LogP contribution in [0.5, 0.6) is 0 Å². The number of ether oxygens (including phenoxy) is 10. The van der Waals surface area contributed by atoms with E-state index in [4.69, 9.17) is 47.4 Å². The van der Waals surface area contributed by atoms with Gasteiger partial charge in [0.25, 0.3) is 0 Å². The second kappa shape index (κ2) is 20.9. The Morgan fingerprint density at radius 2 is 1.07 bits per heavy atom. The topological polar surface area (TPSA) is 248 Å². The molecule has 20 heteroatoms. The standard InChI is InChI=1S/C35H47N3O17/c1-17(39)47-16-26-28(49-19(3)41)29(50-20(4)42)31(52-22(6)44)33(54-26)38-35(36-14-24-12-10-9-11-13-24)37-15-25-27(48-18(2)40)30(51-21(5)43)32(53-23(7)45)34(46-8)55-25/h9-13,25-34H,14-16H2,1-8H3,(H2,36,37,38)/t25-,26-,27-,28-,29+,30+,31-,32-,33-,34+/m1/s1. The molecule has 3 rings (SSSR count). The number of benzene rings is 1. The Kier molecular flexibility index (Phi) is 16.8. The fraction of sp³-hybridized carbons (Fsp3) is 0.600. The minimum absolute atomic E-state index is 0.0463. The number of carbonyl (C=O) groups is 7. The number of hydrogen-bond donors (Lipinski definition) is 2. The second-order valence-corrected chi connectivity index (χ2v) is 12.3. The molecule has 1 aromatic carbocycles. The van der Waals surface area contributed by atoms with E-state index in [0.29, 0.717) is 0 Å². The van der Waals surface area contributed by atoms with Crippen LogP contribution in [-0.2, 0) is 87.5 Å².